The first kappa shape index (κ1) is 16.7. The van der Waals surface area contributed by atoms with Crippen LogP contribution in [0, 0.1) is 11.3 Å². The fraction of sp³-hybridized carbons (Fsp3) is 0.500. The molecule has 140 valence electrons. The molecule has 3 aliphatic rings. The van der Waals surface area contributed by atoms with E-state index in [2.05, 4.69) is 4.90 Å². The Morgan fingerprint density at radius 1 is 1.19 bits per heavy atom. The van der Waals surface area contributed by atoms with Crippen molar-refractivity contribution >= 4 is 11.7 Å². The van der Waals surface area contributed by atoms with E-state index < -0.39 is 0 Å². The Labute approximate surface area is 160 Å². The Balaban J connectivity index is 1.46. The van der Waals surface area contributed by atoms with Crippen molar-refractivity contribution in [2.45, 2.75) is 38.6 Å². The van der Waals surface area contributed by atoms with Gasteiger partial charge in [-0.05, 0) is 31.1 Å². The van der Waals surface area contributed by atoms with E-state index in [4.69, 9.17) is 9.97 Å². The number of carbonyl (C=O) groups is 1. The first-order chi connectivity index (χ1) is 13.1. The number of hydrogen-bond acceptors (Lipinski definition) is 4. The van der Waals surface area contributed by atoms with E-state index in [-0.39, 0.29) is 5.92 Å². The molecule has 0 unspecified atom stereocenters. The van der Waals surface area contributed by atoms with Crippen molar-refractivity contribution in [1.29, 1.82) is 0 Å². The van der Waals surface area contributed by atoms with Gasteiger partial charge in [0.1, 0.15) is 5.82 Å². The number of rotatable bonds is 3. The van der Waals surface area contributed by atoms with Crippen LogP contribution in [-0.4, -0.2) is 41.4 Å². The lowest BCUT2D eigenvalue weighted by atomic mass is 9.79. The Kier molecular flexibility index (Phi) is 3.74. The van der Waals surface area contributed by atoms with Crippen LogP contribution in [0.1, 0.15) is 36.9 Å². The average Bonchev–Trinajstić information content (AvgIpc) is 3.43. The minimum absolute atomic E-state index is 0.275. The predicted octanol–water partition coefficient (Wildman–Crippen LogP) is 3.28. The molecule has 5 rings (SSSR count). The second-order valence-electron chi connectivity index (χ2n) is 8.54. The summed E-state index contributed by atoms with van der Waals surface area (Å²) in [5, 5.41) is 0. The van der Waals surface area contributed by atoms with Gasteiger partial charge in [0.25, 0.3) is 0 Å². The van der Waals surface area contributed by atoms with Gasteiger partial charge in [0.2, 0.25) is 5.91 Å². The Bertz CT molecular complexity index is 889. The molecule has 5 nitrogen and oxygen atoms in total. The molecular weight excluding hydrogens is 336 g/mol. The molecule has 0 N–H and O–H groups in total. The van der Waals surface area contributed by atoms with E-state index in [1.54, 1.807) is 0 Å². The van der Waals surface area contributed by atoms with Crippen LogP contribution in [0.15, 0.2) is 30.3 Å². The zero-order valence-corrected chi connectivity index (χ0v) is 16.1. The largest absolute Gasteiger partial charge is 0.362 e. The van der Waals surface area contributed by atoms with Crippen LogP contribution in [0.4, 0.5) is 5.82 Å². The summed E-state index contributed by atoms with van der Waals surface area (Å²) in [5.41, 5.74) is 3.60. The standard InChI is InChI=1S/C22H26N4O/c1-25(2)20-16-9-12-26(21(27)17-13-22(17)10-6-11-22)14-18(16)23-19(24-20)15-7-4-3-5-8-15/h3-5,7-8,17H,6,9-14H2,1-2H3/t17-/m0/s1. The highest BCUT2D eigenvalue weighted by Gasteiger charge is 2.61. The monoisotopic (exact) mass is 362 g/mol. The molecule has 2 aromatic rings. The van der Waals surface area contributed by atoms with Crippen LogP contribution < -0.4 is 4.90 Å². The molecule has 27 heavy (non-hydrogen) atoms. The summed E-state index contributed by atoms with van der Waals surface area (Å²) in [4.78, 5) is 26.8. The van der Waals surface area contributed by atoms with Gasteiger partial charge in [-0.3, -0.25) is 4.79 Å². The Morgan fingerprint density at radius 3 is 2.59 bits per heavy atom. The van der Waals surface area contributed by atoms with Crippen LogP contribution >= 0.6 is 0 Å². The van der Waals surface area contributed by atoms with Gasteiger partial charge in [-0.25, -0.2) is 9.97 Å². The van der Waals surface area contributed by atoms with Crippen LogP contribution in [0.3, 0.4) is 0 Å². The van der Waals surface area contributed by atoms with Crippen molar-refractivity contribution in [3.63, 3.8) is 0 Å². The summed E-state index contributed by atoms with van der Waals surface area (Å²) in [6.45, 7) is 1.40. The van der Waals surface area contributed by atoms with E-state index in [9.17, 15) is 4.79 Å². The highest BCUT2D eigenvalue weighted by molar-refractivity contribution is 5.83. The van der Waals surface area contributed by atoms with E-state index >= 15 is 0 Å². The van der Waals surface area contributed by atoms with Crippen molar-refractivity contribution in [1.82, 2.24) is 14.9 Å². The quantitative estimate of drug-likeness (QED) is 0.841. The summed E-state index contributed by atoms with van der Waals surface area (Å²) in [7, 11) is 4.05. The summed E-state index contributed by atoms with van der Waals surface area (Å²) in [6.07, 6.45) is 5.74. The van der Waals surface area contributed by atoms with Gasteiger partial charge in [-0.1, -0.05) is 36.8 Å². The first-order valence-corrected chi connectivity index (χ1v) is 9.99. The lowest BCUT2D eigenvalue weighted by molar-refractivity contribution is -0.135. The molecule has 0 bridgehead atoms. The van der Waals surface area contributed by atoms with Crippen LogP contribution in [0.5, 0.6) is 0 Å². The summed E-state index contributed by atoms with van der Waals surface area (Å²) >= 11 is 0. The Hall–Kier alpha value is -2.43. The summed E-state index contributed by atoms with van der Waals surface area (Å²) in [5.74, 6) is 2.35. The van der Waals surface area contributed by atoms with Gasteiger partial charge in [-0.2, -0.15) is 0 Å². The molecule has 2 fully saturated rings. The number of carbonyl (C=O) groups excluding carboxylic acids is 1. The number of anilines is 1. The number of amides is 1. The second-order valence-corrected chi connectivity index (χ2v) is 8.54. The van der Waals surface area contributed by atoms with Gasteiger partial charge >= 0.3 is 0 Å². The molecular formula is C22H26N4O. The minimum atomic E-state index is 0.275. The molecule has 1 aromatic heterocycles. The third kappa shape index (κ3) is 2.71. The first-order valence-electron chi connectivity index (χ1n) is 9.99. The smallest absolute Gasteiger partial charge is 0.226 e. The topological polar surface area (TPSA) is 49.3 Å². The van der Waals surface area contributed by atoms with Gasteiger partial charge in [0, 0.05) is 37.7 Å². The zero-order chi connectivity index (χ0) is 18.6. The van der Waals surface area contributed by atoms with Crippen molar-refractivity contribution < 1.29 is 4.79 Å². The van der Waals surface area contributed by atoms with Crippen LogP contribution in [-0.2, 0) is 17.8 Å². The highest BCUT2D eigenvalue weighted by Crippen LogP contribution is 2.66. The lowest BCUT2D eigenvalue weighted by Gasteiger charge is -2.33. The van der Waals surface area contributed by atoms with Crippen LogP contribution in [0.2, 0.25) is 0 Å². The molecule has 0 radical (unpaired) electrons. The maximum absolute atomic E-state index is 13.0. The highest BCUT2D eigenvalue weighted by atomic mass is 16.2. The number of nitrogens with zero attached hydrogens (tertiary/aromatic N) is 4. The van der Waals surface area contributed by atoms with Crippen molar-refractivity contribution in [2.24, 2.45) is 11.3 Å². The van der Waals surface area contributed by atoms with E-state index in [1.165, 1.54) is 24.8 Å². The van der Waals surface area contributed by atoms with Crippen molar-refractivity contribution in [3.05, 3.63) is 41.6 Å². The summed E-state index contributed by atoms with van der Waals surface area (Å²) in [6, 6.07) is 10.1. The molecule has 1 aromatic carbocycles. The van der Waals surface area contributed by atoms with Gasteiger partial charge in [-0.15, -0.1) is 0 Å². The SMILES string of the molecule is CN(C)c1nc(-c2ccccc2)nc2c1CCN(C(=O)[C@@H]1CC13CCC3)C2. The molecule has 1 atom stereocenters. The van der Waals surface area contributed by atoms with Crippen molar-refractivity contribution in [3.8, 4) is 11.4 Å². The average molecular weight is 362 g/mol. The molecule has 5 heteroatoms. The maximum Gasteiger partial charge on any atom is 0.226 e. The normalized spacial score (nSPS) is 22.1. The number of hydrogen-bond donors (Lipinski definition) is 0. The summed E-state index contributed by atoms with van der Waals surface area (Å²) < 4.78 is 0. The van der Waals surface area contributed by atoms with Gasteiger partial charge in [0.05, 0.1) is 12.2 Å². The van der Waals surface area contributed by atoms with E-state index in [0.717, 1.165) is 42.3 Å². The molecule has 2 heterocycles. The van der Waals surface area contributed by atoms with Crippen LogP contribution in [0.25, 0.3) is 11.4 Å². The fourth-order valence-electron chi connectivity index (χ4n) is 4.79. The fourth-order valence-corrected chi connectivity index (χ4v) is 4.79. The number of aromatic nitrogens is 2. The molecule has 1 aliphatic heterocycles. The third-order valence-electron chi connectivity index (χ3n) is 6.65. The predicted molar refractivity (Wildman–Crippen MR) is 105 cm³/mol. The lowest BCUT2D eigenvalue weighted by Crippen LogP contribution is -2.39. The minimum Gasteiger partial charge on any atom is -0.362 e. The zero-order valence-electron chi connectivity index (χ0n) is 16.1. The molecule has 2 saturated carbocycles. The molecule has 1 amide bonds. The van der Waals surface area contributed by atoms with E-state index in [1.807, 2.05) is 49.3 Å². The third-order valence-corrected chi connectivity index (χ3v) is 6.65. The number of fused-ring (bicyclic) bond motifs is 1. The number of benzene rings is 1. The Morgan fingerprint density at radius 2 is 1.96 bits per heavy atom. The molecule has 1 spiro atoms. The maximum atomic E-state index is 13.0. The molecule has 2 aliphatic carbocycles. The van der Waals surface area contributed by atoms with Crippen molar-refractivity contribution in [2.75, 3.05) is 25.5 Å². The van der Waals surface area contributed by atoms with Gasteiger partial charge in [0.15, 0.2) is 5.82 Å². The van der Waals surface area contributed by atoms with E-state index in [0.29, 0.717) is 17.9 Å². The molecule has 0 saturated heterocycles. The van der Waals surface area contributed by atoms with Gasteiger partial charge < -0.3 is 9.80 Å². The second kappa shape index (κ2) is 6.04.